The van der Waals surface area contributed by atoms with Crippen LogP contribution in [0.2, 0.25) is 0 Å². The molecule has 0 aromatic heterocycles. The van der Waals surface area contributed by atoms with Crippen LogP contribution in [0.4, 0.5) is 0 Å². The average Bonchev–Trinajstić information content (AvgIpc) is 2.73. The van der Waals surface area contributed by atoms with Gasteiger partial charge in [-0.3, -0.25) is 4.90 Å². The molecule has 1 aliphatic carbocycles. The summed E-state index contributed by atoms with van der Waals surface area (Å²) in [7, 11) is 0. The van der Waals surface area contributed by atoms with Gasteiger partial charge in [-0.1, -0.05) is 19.3 Å². The van der Waals surface area contributed by atoms with Gasteiger partial charge in [-0.05, 0) is 45.1 Å². The van der Waals surface area contributed by atoms with Gasteiger partial charge in [-0.25, -0.2) is 0 Å². The molecule has 2 atom stereocenters. The van der Waals surface area contributed by atoms with E-state index in [0.717, 1.165) is 13.1 Å². The molecule has 2 saturated heterocycles. The van der Waals surface area contributed by atoms with Gasteiger partial charge in [0.2, 0.25) is 0 Å². The van der Waals surface area contributed by atoms with E-state index in [0.29, 0.717) is 12.1 Å². The third kappa shape index (κ3) is 2.89. The first-order valence-electron chi connectivity index (χ1n) is 7.92. The number of nitrogens with zero attached hydrogens (tertiary/aromatic N) is 1. The van der Waals surface area contributed by atoms with Crippen molar-refractivity contribution in [2.24, 2.45) is 5.73 Å². The zero-order chi connectivity index (χ0) is 12.4. The summed E-state index contributed by atoms with van der Waals surface area (Å²) in [5.74, 6) is 0. The highest BCUT2D eigenvalue weighted by Gasteiger charge is 2.41. The number of hydrogen-bond acceptors (Lipinski definition) is 3. The first-order valence-corrected chi connectivity index (χ1v) is 7.92. The van der Waals surface area contributed by atoms with Gasteiger partial charge in [0, 0.05) is 19.1 Å². The molecule has 3 rings (SSSR count). The van der Waals surface area contributed by atoms with Crippen LogP contribution >= 0.6 is 0 Å². The Bertz CT molecular complexity index is 276. The zero-order valence-corrected chi connectivity index (χ0v) is 11.6. The Morgan fingerprint density at radius 1 is 1.06 bits per heavy atom. The highest BCUT2D eigenvalue weighted by Crippen LogP contribution is 2.42. The molecule has 104 valence electrons. The molecule has 18 heavy (non-hydrogen) atoms. The van der Waals surface area contributed by atoms with E-state index in [1.165, 1.54) is 64.3 Å². The summed E-state index contributed by atoms with van der Waals surface area (Å²) in [5, 5.41) is 0. The highest BCUT2D eigenvalue weighted by atomic mass is 16.5. The second-order valence-corrected chi connectivity index (χ2v) is 6.68. The lowest BCUT2D eigenvalue weighted by Crippen LogP contribution is -2.46. The fourth-order valence-electron chi connectivity index (χ4n) is 4.13. The Morgan fingerprint density at radius 2 is 1.89 bits per heavy atom. The molecule has 3 nitrogen and oxygen atoms in total. The Kier molecular flexibility index (Phi) is 3.92. The van der Waals surface area contributed by atoms with E-state index in [4.69, 9.17) is 10.5 Å². The van der Waals surface area contributed by atoms with E-state index in [1.54, 1.807) is 0 Å². The fourth-order valence-corrected chi connectivity index (χ4v) is 4.13. The van der Waals surface area contributed by atoms with Crippen LogP contribution in [-0.4, -0.2) is 42.3 Å². The molecule has 0 amide bonds. The lowest BCUT2D eigenvalue weighted by molar-refractivity contribution is -0.0731. The number of piperidine rings is 1. The topological polar surface area (TPSA) is 38.5 Å². The normalized spacial score (nSPS) is 37.2. The van der Waals surface area contributed by atoms with E-state index in [9.17, 15) is 0 Å². The summed E-state index contributed by atoms with van der Waals surface area (Å²) >= 11 is 0. The lowest BCUT2D eigenvalue weighted by atomic mass is 9.83. The molecule has 0 aromatic rings. The van der Waals surface area contributed by atoms with Crippen LogP contribution < -0.4 is 5.73 Å². The molecule has 3 heteroatoms. The van der Waals surface area contributed by atoms with Crippen molar-refractivity contribution >= 4 is 0 Å². The average molecular weight is 252 g/mol. The summed E-state index contributed by atoms with van der Waals surface area (Å²) in [4.78, 5) is 2.53. The molecule has 2 N–H and O–H groups in total. The maximum absolute atomic E-state index is 6.45. The van der Waals surface area contributed by atoms with E-state index in [1.807, 2.05) is 0 Å². The number of nitrogens with two attached hydrogens (primary N) is 1. The smallest absolute Gasteiger partial charge is 0.0710 e. The van der Waals surface area contributed by atoms with Gasteiger partial charge in [-0.15, -0.1) is 0 Å². The minimum Gasteiger partial charge on any atom is -0.370 e. The van der Waals surface area contributed by atoms with Gasteiger partial charge in [-0.2, -0.15) is 0 Å². The molecule has 0 bridgehead atoms. The standard InChI is InChI=1S/C15H28N2O/c16-13-5-4-10-17(11-13)12-14-6-9-15(18-14)7-2-1-3-8-15/h13-14H,1-12,16H2. The number of rotatable bonds is 2. The number of ether oxygens (including phenoxy) is 1. The van der Waals surface area contributed by atoms with Crippen LogP contribution in [0.5, 0.6) is 0 Å². The minimum absolute atomic E-state index is 0.279. The molecule has 2 aliphatic heterocycles. The van der Waals surface area contributed by atoms with Crippen molar-refractivity contribution in [1.29, 1.82) is 0 Å². The maximum Gasteiger partial charge on any atom is 0.0710 e. The SMILES string of the molecule is NC1CCCN(CC2CCC3(CCCCC3)O2)C1. The molecule has 1 spiro atoms. The van der Waals surface area contributed by atoms with Crippen molar-refractivity contribution in [1.82, 2.24) is 4.90 Å². The summed E-state index contributed by atoms with van der Waals surface area (Å²) in [6, 6.07) is 0.392. The van der Waals surface area contributed by atoms with Gasteiger partial charge < -0.3 is 10.5 Å². The van der Waals surface area contributed by atoms with Crippen molar-refractivity contribution in [2.75, 3.05) is 19.6 Å². The van der Waals surface area contributed by atoms with E-state index in [2.05, 4.69) is 4.90 Å². The van der Waals surface area contributed by atoms with Crippen molar-refractivity contribution in [2.45, 2.75) is 75.5 Å². The van der Waals surface area contributed by atoms with E-state index < -0.39 is 0 Å². The zero-order valence-electron chi connectivity index (χ0n) is 11.6. The molecule has 0 aromatic carbocycles. The summed E-state index contributed by atoms with van der Waals surface area (Å²) in [6.07, 6.45) is 12.3. The molecule has 3 fully saturated rings. The summed E-state index contributed by atoms with van der Waals surface area (Å²) in [5.41, 5.74) is 6.33. The monoisotopic (exact) mass is 252 g/mol. The van der Waals surface area contributed by atoms with Crippen molar-refractivity contribution in [3.8, 4) is 0 Å². The van der Waals surface area contributed by atoms with Crippen molar-refractivity contribution in [3.63, 3.8) is 0 Å². The Labute approximate surface area is 111 Å². The van der Waals surface area contributed by atoms with Gasteiger partial charge in [0.05, 0.1) is 11.7 Å². The van der Waals surface area contributed by atoms with Crippen LogP contribution in [-0.2, 0) is 4.74 Å². The van der Waals surface area contributed by atoms with Crippen LogP contribution in [0.25, 0.3) is 0 Å². The fraction of sp³-hybridized carbons (Fsp3) is 1.00. The molecule has 1 saturated carbocycles. The van der Waals surface area contributed by atoms with Crippen LogP contribution in [0, 0.1) is 0 Å². The summed E-state index contributed by atoms with van der Waals surface area (Å²) in [6.45, 7) is 3.42. The van der Waals surface area contributed by atoms with E-state index >= 15 is 0 Å². The van der Waals surface area contributed by atoms with Crippen LogP contribution in [0.3, 0.4) is 0 Å². The summed E-state index contributed by atoms with van der Waals surface area (Å²) < 4.78 is 6.45. The first kappa shape index (κ1) is 12.9. The number of hydrogen-bond donors (Lipinski definition) is 1. The second kappa shape index (κ2) is 5.48. The predicted octanol–water partition coefficient (Wildman–Crippen LogP) is 2.29. The Hall–Kier alpha value is -0.120. The molecular formula is C15H28N2O. The largest absolute Gasteiger partial charge is 0.370 e. The molecular weight excluding hydrogens is 224 g/mol. The van der Waals surface area contributed by atoms with Gasteiger partial charge in [0.25, 0.3) is 0 Å². The first-order chi connectivity index (χ1) is 8.76. The van der Waals surface area contributed by atoms with Crippen LogP contribution in [0.1, 0.15) is 57.8 Å². The third-order valence-electron chi connectivity index (χ3n) is 5.11. The van der Waals surface area contributed by atoms with Crippen molar-refractivity contribution < 1.29 is 4.74 Å². The molecule has 0 radical (unpaired) electrons. The Morgan fingerprint density at radius 3 is 2.67 bits per heavy atom. The third-order valence-corrected chi connectivity index (χ3v) is 5.11. The van der Waals surface area contributed by atoms with Gasteiger partial charge in [0.15, 0.2) is 0 Å². The molecule has 2 unspecified atom stereocenters. The van der Waals surface area contributed by atoms with Crippen molar-refractivity contribution in [3.05, 3.63) is 0 Å². The molecule has 3 aliphatic rings. The maximum atomic E-state index is 6.45. The number of likely N-dealkylation sites (tertiary alicyclic amines) is 1. The van der Waals surface area contributed by atoms with Crippen LogP contribution in [0.15, 0.2) is 0 Å². The second-order valence-electron chi connectivity index (χ2n) is 6.68. The minimum atomic E-state index is 0.279. The molecule has 2 heterocycles. The quantitative estimate of drug-likeness (QED) is 0.819. The van der Waals surface area contributed by atoms with Gasteiger partial charge in [0.1, 0.15) is 0 Å². The predicted molar refractivity (Wildman–Crippen MR) is 73.6 cm³/mol. The highest BCUT2D eigenvalue weighted by molar-refractivity contribution is 4.92. The van der Waals surface area contributed by atoms with E-state index in [-0.39, 0.29) is 5.60 Å². The van der Waals surface area contributed by atoms with Gasteiger partial charge >= 0.3 is 0 Å². The Balaban J connectivity index is 1.49. The lowest BCUT2D eigenvalue weighted by Gasteiger charge is -2.35.